The van der Waals surface area contributed by atoms with E-state index in [1.807, 2.05) is 0 Å². The van der Waals surface area contributed by atoms with Crippen molar-refractivity contribution in [1.82, 2.24) is 4.90 Å². The summed E-state index contributed by atoms with van der Waals surface area (Å²) in [5.41, 5.74) is -0.667. The van der Waals surface area contributed by atoms with E-state index in [0.717, 1.165) is 0 Å². The van der Waals surface area contributed by atoms with Crippen LogP contribution in [0.1, 0.15) is 18.9 Å². The summed E-state index contributed by atoms with van der Waals surface area (Å²) in [6.07, 6.45) is -4.48. The Morgan fingerprint density at radius 1 is 1.36 bits per heavy atom. The van der Waals surface area contributed by atoms with Crippen molar-refractivity contribution in [1.29, 1.82) is 0 Å². The Morgan fingerprint density at radius 2 is 1.91 bits per heavy atom. The monoisotopic (exact) mass is 355 g/mol. The van der Waals surface area contributed by atoms with Gasteiger partial charge >= 0.3 is 6.36 Å². The second-order valence-electron chi connectivity index (χ2n) is 5.53. The van der Waals surface area contributed by atoms with Crippen LogP contribution in [0.4, 0.5) is 13.2 Å². The van der Waals surface area contributed by atoms with E-state index in [2.05, 4.69) is 4.74 Å². The predicted octanol–water partition coefficient (Wildman–Crippen LogP) is 4.13. The summed E-state index contributed by atoms with van der Waals surface area (Å²) in [5.74, 6) is -0.655. The molecule has 1 aliphatic carbocycles. The first kappa shape index (κ1) is 17.2. The average molecular weight is 356 g/mol. The van der Waals surface area contributed by atoms with Gasteiger partial charge in [0.15, 0.2) is 0 Å². The molecule has 0 N–H and O–H groups in total. The van der Waals surface area contributed by atoms with Crippen LogP contribution in [0.25, 0.3) is 0 Å². The number of alkyl halides is 5. The summed E-state index contributed by atoms with van der Waals surface area (Å²) in [6.45, 7) is 1.59. The molecule has 0 bridgehead atoms. The summed E-state index contributed by atoms with van der Waals surface area (Å²) < 4.78 is 40.0. The van der Waals surface area contributed by atoms with Gasteiger partial charge in [-0.3, -0.25) is 4.79 Å². The Morgan fingerprint density at radius 3 is 2.41 bits per heavy atom. The number of carbonyl (C=O) groups excluding carboxylic acids is 1. The Labute approximate surface area is 135 Å². The molecule has 0 radical (unpaired) electrons. The Balaban J connectivity index is 2.13. The minimum absolute atomic E-state index is 0.0372. The van der Waals surface area contributed by atoms with Gasteiger partial charge in [0.2, 0.25) is 5.91 Å². The lowest BCUT2D eigenvalue weighted by atomic mass is 10.1. The Bertz CT molecular complexity index is 592. The van der Waals surface area contributed by atoms with Crippen LogP contribution in [-0.2, 0) is 11.3 Å². The van der Waals surface area contributed by atoms with Crippen LogP contribution in [0.2, 0.25) is 0 Å². The molecule has 1 aromatic rings. The highest BCUT2D eigenvalue weighted by atomic mass is 35.5. The molecule has 0 heterocycles. The van der Waals surface area contributed by atoms with Gasteiger partial charge in [0.1, 0.15) is 10.1 Å². The predicted molar refractivity (Wildman–Crippen MR) is 76.8 cm³/mol. The van der Waals surface area contributed by atoms with E-state index in [4.69, 9.17) is 23.2 Å². The van der Waals surface area contributed by atoms with Gasteiger partial charge in [-0.05, 0) is 19.4 Å². The number of carbonyl (C=O) groups is 1. The first-order valence-electron chi connectivity index (χ1n) is 6.43. The van der Waals surface area contributed by atoms with Gasteiger partial charge in [-0.15, -0.1) is 36.4 Å². The molecule has 1 amide bonds. The molecule has 3 nitrogen and oxygen atoms in total. The van der Waals surface area contributed by atoms with E-state index in [9.17, 15) is 18.0 Å². The first-order valence-corrected chi connectivity index (χ1v) is 7.19. The third kappa shape index (κ3) is 3.43. The number of nitrogens with zero attached hydrogens (tertiary/aromatic N) is 1. The summed E-state index contributed by atoms with van der Waals surface area (Å²) in [6, 6.07) is 5.67. The molecule has 0 saturated heterocycles. The van der Waals surface area contributed by atoms with Gasteiger partial charge in [0.25, 0.3) is 0 Å². The van der Waals surface area contributed by atoms with Crippen LogP contribution in [-0.4, -0.2) is 28.6 Å². The summed E-state index contributed by atoms with van der Waals surface area (Å²) >= 11 is 11.9. The quantitative estimate of drug-likeness (QED) is 0.760. The van der Waals surface area contributed by atoms with Crippen molar-refractivity contribution < 1.29 is 22.7 Å². The van der Waals surface area contributed by atoms with Crippen molar-refractivity contribution in [3.8, 4) is 5.75 Å². The third-order valence-electron chi connectivity index (χ3n) is 3.68. The van der Waals surface area contributed by atoms with Gasteiger partial charge in [0, 0.05) is 19.2 Å². The zero-order valence-corrected chi connectivity index (χ0v) is 13.4. The van der Waals surface area contributed by atoms with E-state index in [1.165, 1.54) is 30.1 Å². The maximum absolute atomic E-state index is 12.4. The number of hydrogen-bond donors (Lipinski definition) is 0. The number of halogens is 5. The standard InChI is InChI=1S/C14H14Cl2F3NO2/c1-12(8-13(12,15)16)11(21)20(2)7-9-5-3-4-6-10(9)22-14(17,18)19/h3-6H,7-8H2,1-2H3. The molecular formula is C14H14Cl2F3NO2. The van der Waals surface area contributed by atoms with Crippen molar-refractivity contribution in [3.05, 3.63) is 29.8 Å². The lowest BCUT2D eigenvalue weighted by molar-refractivity contribution is -0.275. The maximum atomic E-state index is 12.4. The molecule has 1 saturated carbocycles. The third-order valence-corrected chi connectivity index (χ3v) is 4.78. The summed E-state index contributed by atoms with van der Waals surface area (Å²) in [4.78, 5) is 13.6. The molecule has 0 spiro atoms. The second-order valence-corrected chi connectivity index (χ2v) is 7.01. The van der Waals surface area contributed by atoms with Crippen molar-refractivity contribution in [3.63, 3.8) is 0 Å². The molecule has 8 heteroatoms. The largest absolute Gasteiger partial charge is 0.573 e. The van der Waals surface area contributed by atoms with E-state index in [1.54, 1.807) is 13.0 Å². The van der Waals surface area contributed by atoms with Crippen LogP contribution in [0, 0.1) is 5.41 Å². The van der Waals surface area contributed by atoms with E-state index >= 15 is 0 Å². The number of hydrogen-bond acceptors (Lipinski definition) is 2. The number of amides is 1. The fourth-order valence-corrected chi connectivity index (χ4v) is 2.94. The molecule has 2 rings (SSSR count). The fourth-order valence-electron chi connectivity index (χ4n) is 2.24. The molecule has 1 aliphatic rings. The molecule has 22 heavy (non-hydrogen) atoms. The SMILES string of the molecule is CN(Cc1ccccc1OC(F)(F)F)C(=O)C1(C)CC1(Cl)Cl. The van der Waals surface area contributed by atoms with Crippen molar-refractivity contribution in [2.24, 2.45) is 5.41 Å². The Hall–Kier alpha value is -1.14. The highest BCUT2D eigenvalue weighted by Crippen LogP contribution is 2.64. The van der Waals surface area contributed by atoms with Gasteiger partial charge in [-0.2, -0.15) is 0 Å². The normalized spacial score (nSPS) is 23.0. The molecular weight excluding hydrogens is 342 g/mol. The molecule has 0 aromatic heterocycles. The zero-order valence-electron chi connectivity index (χ0n) is 11.9. The lowest BCUT2D eigenvalue weighted by Gasteiger charge is -2.23. The average Bonchev–Trinajstić information content (AvgIpc) is 2.89. The van der Waals surface area contributed by atoms with Crippen LogP contribution in [0.5, 0.6) is 5.75 Å². The highest BCUT2D eigenvalue weighted by Gasteiger charge is 2.68. The fraction of sp³-hybridized carbons (Fsp3) is 0.500. The van der Waals surface area contributed by atoms with Gasteiger partial charge in [-0.25, -0.2) is 0 Å². The van der Waals surface area contributed by atoms with Gasteiger partial charge in [-0.1, -0.05) is 18.2 Å². The second kappa shape index (κ2) is 5.49. The van der Waals surface area contributed by atoms with E-state index in [-0.39, 0.29) is 23.8 Å². The first-order chi connectivity index (χ1) is 9.96. The van der Waals surface area contributed by atoms with E-state index in [0.29, 0.717) is 6.42 Å². The van der Waals surface area contributed by atoms with E-state index < -0.39 is 16.1 Å². The van der Waals surface area contributed by atoms with Gasteiger partial charge in [0.05, 0.1) is 5.41 Å². The van der Waals surface area contributed by atoms with Gasteiger partial charge < -0.3 is 9.64 Å². The van der Waals surface area contributed by atoms with Crippen molar-refractivity contribution in [2.75, 3.05) is 7.05 Å². The molecule has 1 fully saturated rings. The minimum Gasteiger partial charge on any atom is -0.405 e. The van der Waals surface area contributed by atoms with Crippen LogP contribution in [0.15, 0.2) is 24.3 Å². The zero-order chi connectivity index (χ0) is 16.8. The molecule has 1 unspecified atom stereocenters. The van der Waals surface area contributed by atoms with Crippen LogP contribution >= 0.6 is 23.2 Å². The number of benzene rings is 1. The molecule has 1 aromatic carbocycles. The molecule has 122 valence electrons. The number of ether oxygens (including phenoxy) is 1. The van der Waals surface area contributed by atoms with Crippen molar-refractivity contribution >= 4 is 29.1 Å². The number of rotatable bonds is 4. The number of para-hydroxylation sites is 1. The molecule has 1 atom stereocenters. The summed E-state index contributed by atoms with van der Waals surface area (Å²) in [5, 5.41) is 0. The van der Waals surface area contributed by atoms with Crippen molar-refractivity contribution in [2.45, 2.75) is 30.6 Å². The lowest BCUT2D eigenvalue weighted by Crippen LogP contribution is -2.35. The smallest absolute Gasteiger partial charge is 0.405 e. The highest BCUT2D eigenvalue weighted by molar-refractivity contribution is 6.53. The van der Waals surface area contributed by atoms with Crippen LogP contribution < -0.4 is 4.74 Å². The Kier molecular flexibility index (Phi) is 4.30. The summed E-state index contributed by atoms with van der Waals surface area (Å²) in [7, 11) is 1.49. The topological polar surface area (TPSA) is 29.5 Å². The molecule has 0 aliphatic heterocycles. The minimum atomic E-state index is -4.79. The van der Waals surface area contributed by atoms with Crippen LogP contribution in [0.3, 0.4) is 0 Å². The maximum Gasteiger partial charge on any atom is 0.573 e.